The van der Waals surface area contributed by atoms with Crippen LogP contribution in [0.1, 0.15) is 5.56 Å². The minimum atomic E-state index is -4.36. The molecule has 0 saturated carbocycles. The molecule has 1 aromatic heterocycles. The van der Waals surface area contributed by atoms with Gasteiger partial charge in [-0.1, -0.05) is 24.4 Å². The number of halogens is 3. The Hall–Kier alpha value is -1.69. The minimum Gasteiger partial charge on any atom is -0.337 e. The first-order valence-corrected chi connectivity index (χ1v) is 5.09. The number of rotatable bonds is 1. The summed E-state index contributed by atoms with van der Waals surface area (Å²) in [7, 11) is 0. The Morgan fingerprint density at radius 2 is 2.00 bits per heavy atom. The van der Waals surface area contributed by atoms with Crippen molar-refractivity contribution in [3.8, 4) is 11.1 Å². The molecule has 2 nitrogen and oxygen atoms in total. The molecule has 0 unspecified atom stereocenters. The van der Waals surface area contributed by atoms with Gasteiger partial charge in [-0.25, -0.2) is 4.98 Å². The van der Waals surface area contributed by atoms with Gasteiger partial charge in [-0.3, -0.25) is 0 Å². The number of nitrogens with zero attached hydrogens (tertiary/aromatic N) is 1. The normalized spacial score (nSPS) is 11.5. The fraction of sp³-hybridized carbons (Fsp3) is 0.0909. The minimum absolute atomic E-state index is 0.360. The number of alkyl halides is 3. The van der Waals surface area contributed by atoms with E-state index < -0.39 is 11.7 Å². The second-order valence-electron chi connectivity index (χ2n) is 3.37. The maximum atomic E-state index is 12.5. The lowest BCUT2D eigenvalue weighted by atomic mass is 10.1. The lowest BCUT2D eigenvalue weighted by molar-refractivity contribution is -0.137. The first-order valence-electron chi connectivity index (χ1n) is 4.69. The van der Waals surface area contributed by atoms with Gasteiger partial charge in [0.15, 0.2) is 0 Å². The molecule has 17 heavy (non-hydrogen) atoms. The Bertz CT molecular complexity index is 590. The molecular weight excluding hydrogens is 249 g/mol. The topological polar surface area (TPSA) is 28.7 Å². The second-order valence-corrected chi connectivity index (χ2v) is 3.78. The predicted octanol–water partition coefficient (Wildman–Crippen LogP) is 3.82. The molecular formula is C11H7F3N2S. The number of hydrogen-bond donors (Lipinski definition) is 1. The van der Waals surface area contributed by atoms with Gasteiger partial charge in [0.25, 0.3) is 0 Å². The molecule has 6 heteroatoms. The van der Waals surface area contributed by atoms with E-state index >= 15 is 0 Å². The quantitative estimate of drug-likeness (QED) is 0.786. The number of aromatic nitrogens is 2. The van der Waals surface area contributed by atoms with Crippen LogP contribution >= 0.6 is 12.2 Å². The van der Waals surface area contributed by atoms with E-state index in [1.807, 2.05) is 0 Å². The molecule has 1 N–H and O–H groups in total. The second kappa shape index (κ2) is 4.29. The molecule has 2 aromatic rings. The SMILES string of the molecule is FC(F)(F)c1cccc(-c2cnc[nH]c2=S)c1. The Morgan fingerprint density at radius 3 is 2.65 bits per heavy atom. The lowest BCUT2D eigenvalue weighted by Gasteiger charge is -2.08. The maximum absolute atomic E-state index is 12.5. The summed E-state index contributed by atoms with van der Waals surface area (Å²) >= 11 is 4.99. The molecule has 0 aliphatic carbocycles. The van der Waals surface area contributed by atoms with Gasteiger partial charge >= 0.3 is 6.18 Å². The highest BCUT2D eigenvalue weighted by molar-refractivity contribution is 7.71. The van der Waals surface area contributed by atoms with E-state index in [1.54, 1.807) is 6.07 Å². The average Bonchev–Trinajstić information content (AvgIpc) is 2.29. The number of aromatic amines is 1. The molecule has 0 saturated heterocycles. The van der Waals surface area contributed by atoms with Crippen molar-refractivity contribution < 1.29 is 13.2 Å². The summed E-state index contributed by atoms with van der Waals surface area (Å²) in [5.41, 5.74) is 0.177. The highest BCUT2D eigenvalue weighted by Crippen LogP contribution is 2.31. The van der Waals surface area contributed by atoms with Crippen LogP contribution in [0.2, 0.25) is 0 Å². The Morgan fingerprint density at radius 1 is 1.24 bits per heavy atom. The smallest absolute Gasteiger partial charge is 0.337 e. The van der Waals surface area contributed by atoms with Gasteiger partial charge < -0.3 is 4.98 Å². The van der Waals surface area contributed by atoms with Crippen molar-refractivity contribution in [3.05, 3.63) is 47.0 Å². The van der Waals surface area contributed by atoms with E-state index in [9.17, 15) is 13.2 Å². The lowest BCUT2D eigenvalue weighted by Crippen LogP contribution is -2.04. The van der Waals surface area contributed by atoms with Crippen molar-refractivity contribution in [3.63, 3.8) is 0 Å². The number of H-pyrrole nitrogens is 1. The molecule has 0 radical (unpaired) electrons. The average molecular weight is 256 g/mol. The van der Waals surface area contributed by atoms with Crippen molar-refractivity contribution in [2.45, 2.75) is 6.18 Å². The van der Waals surface area contributed by atoms with Gasteiger partial charge in [0.05, 0.1) is 11.9 Å². The van der Waals surface area contributed by atoms with Gasteiger partial charge in [-0.05, 0) is 17.7 Å². The molecule has 0 amide bonds. The van der Waals surface area contributed by atoms with Crippen LogP contribution in [0.15, 0.2) is 36.8 Å². The molecule has 0 bridgehead atoms. The zero-order chi connectivity index (χ0) is 12.5. The third kappa shape index (κ3) is 2.52. The fourth-order valence-electron chi connectivity index (χ4n) is 1.41. The zero-order valence-corrected chi connectivity index (χ0v) is 9.27. The maximum Gasteiger partial charge on any atom is 0.416 e. The van der Waals surface area contributed by atoms with Gasteiger partial charge in [-0.15, -0.1) is 0 Å². The van der Waals surface area contributed by atoms with Crippen LogP contribution in [0.5, 0.6) is 0 Å². The number of nitrogens with one attached hydrogen (secondary N) is 1. The van der Waals surface area contributed by atoms with Crippen LogP contribution in [0.25, 0.3) is 11.1 Å². The van der Waals surface area contributed by atoms with E-state index in [2.05, 4.69) is 9.97 Å². The summed E-state index contributed by atoms with van der Waals surface area (Å²) < 4.78 is 38.0. The van der Waals surface area contributed by atoms with Gasteiger partial charge in [0, 0.05) is 11.8 Å². The summed E-state index contributed by atoms with van der Waals surface area (Å²) in [6.07, 6.45) is -1.53. The Kier molecular flexibility index (Phi) is 2.97. The van der Waals surface area contributed by atoms with Crippen molar-refractivity contribution in [2.75, 3.05) is 0 Å². The van der Waals surface area contributed by atoms with E-state index in [4.69, 9.17) is 12.2 Å². The van der Waals surface area contributed by atoms with Crippen molar-refractivity contribution >= 4 is 12.2 Å². The predicted molar refractivity (Wildman–Crippen MR) is 59.9 cm³/mol. The largest absolute Gasteiger partial charge is 0.416 e. The highest BCUT2D eigenvalue weighted by atomic mass is 32.1. The van der Waals surface area contributed by atoms with E-state index in [0.717, 1.165) is 12.1 Å². The third-order valence-electron chi connectivity index (χ3n) is 2.22. The summed E-state index contributed by atoms with van der Waals surface area (Å²) in [4.78, 5) is 6.49. The van der Waals surface area contributed by atoms with E-state index in [1.165, 1.54) is 18.6 Å². The summed E-state index contributed by atoms with van der Waals surface area (Å²) in [5, 5.41) is 0. The number of benzene rings is 1. The van der Waals surface area contributed by atoms with Crippen LogP contribution in [-0.2, 0) is 6.18 Å². The summed E-state index contributed by atoms with van der Waals surface area (Å²) in [6.45, 7) is 0. The Balaban J connectivity index is 2.55. The van der Waals surface area contributed by atoms with Crippen molar-refractivity contribution in [1.82, 2.24) is 9.97 Å². The first-order chi connectivity index (χ1) is 7.98. The summed E-state index contributed by atoms with van der Waals surface area (Å²) in [6, 6.07) is 4.99. The molecule has 0 aliphatic rings. The molecule has 0 atom stereocenters. The monoisotopic (exact) mass is 256 g/mol. The zero-order valence-electron chi connectivity index (χ0n) is 8.45. The van der Waals surface area contributed by atoms with Crippen LogP contribution in [0.4, 0.5) is 13.2 Å². The molecule has 2 rings (SSSR count). The molecule has 1 heterocycles. The van der Waals surface area contributed by atoms with Crippen LogP contribution in [0.3, 0.4) is 0 Å². The highest BCUT2D eigenvalue weighted by Gasteiger charge is 2.30. The fourth-order valence-corrected chi connectivity index (χ4v) is 1.64. The van der Waals surface area contributed by atoms with Crippen LogP contribution in [0, 0.1) is 4.64 Å². The standard InChI is InChI=1S/C11H7F3N2S/c12-11(13,14)8-3-1-2-7(4-8)9-5-15-6-16-10(9)17/h1-6H,(H,15,16,17). The van der Waals surface area contributed by atoms with Crippen molar-refractivity contribution in [2.24, 2.45) is 0 Å². The molecule has 1 aromatic carbocycles. The Labute approximate surface area is 100 Å². The van der Waals surface area contributed by atoms with Crippen LogP contribution in [-0.4, -0.2) is 9.97 Å². The van der Waals surface area contributed by atoms with Gasteiger partial charge in [0.1, 0.15) is 4.64 Å². The summed E-state index contributed by atoms with van der Waals surface area (Å²) in [5.74, 6) is 0. The van der Waals surface area contributed by atoms with Gasteiger partial charge in [0.2, 0.25) is 0 Å². The number of hydrogen-bond acceptors (Lipinski definition) is 2. The van der Waals surface area contributed by atoms with E-state index in [0.29, 0.717) is 15.8 Å². The molecule has 88 valence electrons. The molecule has 0 fully saturated rings. The van der Waals surface area contributed by atoms with E-state index in [-0.39, 0.29) is 0 Å². The van der Waals surface area contributed by atoms with Crippen molar-refractivity contribution in [1.29, 1.82) is 0 Å². The third-order valence-corrected chi connectivity index (χ3v) is 2.56. The molecule has 0 aliphatic heterocycles. The van der Waals surface area contributed by atoms with Gasteiger partial charge in [-0.2, -0.15) is 13.2 Å². The first kappa shape index (κ1) is 11.8. The molecule has 0 spiro atoms. The van der Waals surface area contributed by atoms with Crippen LogP contribution < -0.4 is 0 Å².